The van der Waals surface area contributed by atoms with Crippen LogP contribution in [-0.2, 0) is 0 Å². The van der Waals surface area contributed by atoms with Crippen LogP contribution in [0.15, 0.2) is 30.3 Å². The Hall–Kier alpha value is -1.57. The first-order valence-electron chi connectivity index (χ1n) is 4.90. The van der Waals surface area contributed by atoms with Gasteiger partial charge in [0.1, 0.15) is 0 Å². The SMILES string of the molecule is C[C@H]1CC(=O)c2cc3ccccc3n21. The number of hydrogen-bond donors (Lipinski definition) is 0. The number of benzene rings is 1. The summed E-state index contributed by atoms with van der Waals surface area (Å²) in [6.07, 6.45) is 0.653. The molecule has 0 amide bonds. The maximum atomic E-state index is 11.6. The smallest absolute Gasteiger partial charge is 0.181 e. The van der Waals surface area contributed by atoms with Gasteiger partial charge in [0.15, 0.2) is 5.78 Å². The van der Waals surface area contributed by atoms with E-state index < -0.39 is 0 Å². The topological polar surface area (TPSA) is 22.0 Å². The summed E-state index contributed by atoms with van der Waals surface area (Å²) in [6.45, 7) is 2.10. The Balaban J connectivity index is 2.43. The fourth-order valence-electron chi connectivity index (χ4n) is 2.33. The number of hydrogen-bond acceptors (Lipinski definition) is 1. The first-order valence-corrected chi connectivity index (χ1v) is 4.90. The van der Waals surface area contributed by atoms with Crippen LogP contribution in [-0.4, -0.2) is 10.4 Å². The minimum Gasteiger partial charge on any atom is -0.335 e. The summed E-state index contributed by atoms with van der Waals surface area (Å²) in [5, 5.41) is 1.17. The first kappa shape index (κ1) is 7.80. The van der Waals surface area contributed by atoms with E-state index in [9.17, 15) is 4.79 Å². The minimum atomic E-state index is 0.272. The molecule has 0 N–H and O–H groups in total. The lowest BCUT2D eigenvalue weighted by Crippen LogP contribution is -1.97. The Labute approximate surface area is 82.1 Å². The summed E-state index contributed by atoms with van der Waals surface area (Å²) in [5.41, 5.74) is 2.06. The van der Waals surface area contributed by atoms with Crippen LogP contribution >= 0.6 is 0 Å². The zero-order valence-corrected chi connectivity index (χ0v) is 8.03. The highest BCUT2D eigenvalue weighted by atomic mass is 16.1. The molecule has 0 radical (unpaired) electrons. The van der Waals surface area contributed by atoms with E-state index in [2.05, 4.69) is 23.6 Å². The van der Waals surface area contributed by atoms with Crippen LogP contribution < -0.4 is 0 Å². The summed E-state index contributed by atoms with van der Waals surface area (Å²) in [4.78, 5) is 11.6. The van der Waals surface area contributed by atoms with Gasteiger partial charge in [-0.3, -0.25) is 4.79 Å². The molecule has 2 nitrogen and oxygen atoms in total. The number of ketones is 1. The predicted molar refractivity (Wildman–Crippen MR) is 55.6 cm³/mol. The predicted octanol–water partition coefficient (Wildman–Crippen LogP) is 2.79. The normalized spacial score (nSPS) is 20.4. The molecule has 3 rings (SSSR count). The number of fused-ring (bicyclic) bond motifs is 3. The van der Waals surface area contributed by atoms with Gasteiger partial charge in [-0.2, -0.15) is 0 Å². The van der Waals surface area contributed by atoms with Crippen LogP contribution in [0.3, 0.4) is 0 Å². The van der Waals surface area contributed by atoms with E-state index in [4.69, 9.17) is 0 Å². The second-order valence-electron chi connectivity index (χ2n) is 3.93. The molecule has 0 aliphatic carbocycles. The standard InChI is InChI=1S/C12H11NO/c1-8-6-12(14)11-7-9-4-2-3-5-10(9)13(8)11/h2-5,7-8H,6H2,1H3/t8-/m0/s1. The largest absolute Gasteiger partial charge is 0.335 e. The molecule has 2 aromatic rings. The molecule has 0 fully saturated rings. The third-order valence-electron chi connectivity index (χ3n) is 2.96. The highest BCUT2D eigenvalue weighted by Gasteiger charge is 2.27. The summed E-state index contributed by atoms with van der Waals surface area (Å²) in [7, 11) is 0. The van der Waals surface area contributed by atoms with Gasteiger partial charge in [0.25, 0.3) is 0 Å². The molecule has 0 saturated heterocycles. The van der Waals surface area contributed by atoms with Gasteiger partial charge >= 0.3 is 0 Å². The summed E-state index contributed by atoms with van der Waals surface area (Å²) in [5.74, 6) is 0.272. The van der Waals surface area contributed by atoms with Crippen LogP contribution in [0.5, 0.6) is 0 Å². The highest BCUT2D eigenvalue weighted by molar-refractivity contribution is 6.02. The molecule has 1 aromatic carbocycles. The fourth-order valence-corrected chi connectivity index (χ4v) is 2.33. The van der Waals surface area contributed by atoms with E-state index in [1.807, 2.05) is 18.2 Å². The average Bonchev–Trinajstić information content (AvgIpc) is 2.66. The van der Waals surface area contributed by atoms with Gasteiger partial charge in [-0.15, -0.1) is 0 Å². The van der Waals surface area contributed by atoms with Crippen molar-refractivity contribution in [3.63, 3.8) is 0 Å². The van der Waals surface area contributed by atoms with Crippen LogP contribution in [0.25, 0.3) is 10.9 Å². The molecule has 0 saturated carbocycles. The third-order valence-corrected chi connectivity index (χ3v) is 2.96. The Bertz CT molecular complexity index is 524. The number of nitrogens with zero attached hydrogens (tertiary/aromatic N) is 1. The maximum Gasteiger partial charge on any atom is 0.181 e. The number of carbonyl (C=O) groups excluding carboxylic acids is 1. The van der Waals surface area contributed by atoms with Crippen LogP contribution in [0.2, 0.25) is 0 Å². The Morgan fingerprint density at radius 2 is 2.14 bits per heavy atom. The van der Waals surface area contributed by atoms with Gasteiger partial charge in [0, 0.05) is 23.4 Å². The van der Waals surface area contributed by atoms with Gasteiger partial charge < -0.3 is 4.57 Å². The average molecular weight is 185 g/mol. The fraction of sp³-hybridized carbons (Fsp3) is 0.250. The molecule has 0 spiro atoms. The van der Waals surface area contributed by atoms with E-state index in [1.54, 1.807) is 0 Å². The highest BCUT2D eigenvalue weighted by Crippen LogP contribution is 2.32. The molecular formula is C12H11NO. The first-order chi connectivity index (χ1) is 6.77. The second kappa shape index (κ2) is 2.47. The van der Waals surface area contributed by atoms with Crippen molar-refractivity contribution in [3.8, 4) is 0 Å². The lowest BCUT2D eigenvalue weighted by Gasteiger charge is -2.06. The number of Topliss-reactive ketones (excluding diaryl/α,β-unsaturated/α-hetero) is 1. The van der Waals surface area contributed by atoms with Gasteiger partial charge in [0.2, 0.25) is 0 Å². The molecule has 1 aliphatic heterocycles. The number of carbonyl (C=O) groups is 1. The molecular weight excluding hydrogens is 174 g/mol. The van der Waals surface area contributed by atoms with E-state index in [0.717, 1.165) is 5.69 Å². The molecule has 2 heterocycles. The molecule has 1 aliphatic rings. The second-order valence-corrected chi connectivity index (χ2v) is 3.93. The van der Waals surface area contributed by atoms with Crippen molar-refractivity contribution in [3.05, 3.63) is 36.0 Å². The number of rotatable bonds is 0. The van der Waals surface area contributed by atoms with Crippen molar-refractivity contribution in [2.24, 2.45) is 0 Å². The molecule has 0 bridgehead atoms. The molecule has 1 aromatic heterocycles. The van der Waals surface area contributed by atoms with Crippen molar-refractivity contribution >= 4 is 16.7 Å². The van der Waals surface area contributed by atoms with Crippen molar-refractivity contribution in [2.75, 3.05) is 0 Å². The van der Waals surface area contributed by atoms with E-state index in [0.29, 0.717) is 12.5 Å². The van der Waals surface area contributed by atoms with Gasteiger partial charge in [-0.25, -0.2) is 0 Å². The molecule has 0 unspecified atom stereocenters. The molecule has 2 heteroatoms. The lowest BCUT2D eigenvalue weighted by atomic mass is 10.1. The van der Waals surface area contributed by atoms with Crippen LogP contribution in [0.1, 0.15) is 29.9 Å². The van der Waals surface area contributed by atoms with Crippen molar-refractivity contribution in [2.45, 2.75) is 19.4 Å². The minimum absolute atomic E-state index is 0.272. The summed E-state index contributed by atoms with van der Waals surface area (Å²) < 4.78 is 2.15. The summed E-state index contributed by atoms with van der Waals surface area (Å²) in [6, 6.07) is 10.5. The van der Waals surface area contributed by atoms with Crippen molar-refractivity contribution in [1.82, 2.24) is 4.57 Å². The van der Waals surface area contributed by atoms with Crippen molar-refractivity contribution in [1.29, 1.82) is 0 Å². The van der Waals surface area contributed by atoms with Gasteiger partial charge in [-0.05, 0) is 19.1 Å². The lowest BCUT2D eigenvalue weighted by molar-refractivity contribution is 0.0990. The molecule has 14 heavy (non-hydrogen) atoms. The Kier molecular flexibility index (Phi) is 1.38. The monoisotopic (exact) mass is 185 g/mol. The number of aromatic nitrogens is 1. The Morgan fingerprint density at radius 3 is 3.00 bits per heavy atom. The summed E-state index contributed by atoms with van der Waals surface area (Å²) >= 11 is 0. The van der Waals surface area contributed by atoms with Crippen LogP contribution in [0.4, 0.5) is 0 Å². The van der Waals surface area contributed by atoms with E-state index in [1.165, 1.54) is 10.9 Å². The maximum absolute atomic E-state index is 11.6. The quantitative estimate of drug-likeness (QED) is 0.618. The molecule has 1 atom stereocenters. The van der Waals surface area contributed by atoms with Crippen LogP contribution in [0, 0.1) is 0 Å². The third kappa shape index (κ3) is 0.830. The van der Waals surface area contributed by atoms with E-state index in [-0.39, 0.29) is 5.78 Å². The number of para-hydroxylation sites is 1. The van der Waals surface area contributed by atoms with Gasteiger partial charge in [0.05, 0.1) is 5.69 Å². The molecule has 70 valence electrons. The zero-order valence-electron chi connectivity index (χ0n) is 8.03. The van der Waals surface area contributed by atoms with Crippen molar-refractivity contribution < 1.29 is 4.79 Å². The van der Waals surface area contributed by atoms with E-state index >= 15 is 0 Å². The Morgan fingerprint density at radius 1 is 1.36 bits per heavy atom. The zero-order chi connectivity index (χ0) is 9.71. The van der Waals surface area contributed by atoms with Gasteiger partial charge in [-0.1, -0.05) is 18.2 Å².